The molecular formula is C7H6Cl2O3. The predicted molar refractivity (Wildman–Crippen MR) is 45.0 cm³/mol. The van der Waals surface area contributed by atoms with Crippen LogP contribution >= 0.6 is 23.2 Å². The van der Waals surface area contributed by atoms with Gasteiger partial charge in [-0.3, -0.25) is 4.89 Å². The molecule has 0 bridgehead atoms. The van der Waals surface area contributed by atoms with E-state index in [1.54, 1.807) is 6.08 Å². The minimum absolute atomic E-state index is 0.131. The van der Waals surface area contributed by atoms with Crippen molar-refractivity contribution in [2.24, 2.45) is 0 Å². The Bertz CT molecular complexity index is 259. The van der Waals surface area contributed by atoms with Gasteiger partial charge < -0.3 is 0 Å². The molecule has 0 saturated carbocycles. The van der Waals surface area contributed by atoms with Crippen LogP contribution in [0.1, 0.15) is 6.42 Å². The molecule has 1 atom stereocenters. The Morgan fingerprint density at radius 2 is 2.42 bits per heavy atom. The fraction of sp³-hybridized carbons (Fsp3) is 0.286. The van der Waals surface area contributed by atoms with E-state index in [0.29, 0.717) is 5.03 Å². The standard InChI is InChI=1S/C7H6Cl2O3/c8-5-2-1-3-7(9,4-5)6(10)12-11/h1-3,11H,4H2. The van der Waals surface area contributed by atoms with Crippen LogP contribution in [0.5, 0.6) is 0 Å². The molecule has 1 aliphatic rings. The summed E-state index contributed by atoms with van der Waals surface area (Å²) in [6.07, 6.45) is 4.70. The van der Waals surface area contributed by atoms with Crippen molar-refractivity contribution in [3.63, 3.8) is 0 Å². The van der Waals surface area contributed by atoms with Crippen molar-refractivity contribution in [3.8, 4) is 0 Å². The van der Waals surface area contributed by atoms with Gasteiger partial charge in [-0.15, -0.1) is 11.6 Å². The van der Waals surface area contributed by atoms with Crippen LogP contribution < -0.4 is 0 Å². The molecule has 1 aliphatic carbocycles. The molecule has 66 valence electrons. The van der Waals surface area contributed by atoms with Crippen LogP contribution in [-0.2, 0) is 9.68 Å². The van der Waals surface area contributed by atoms with E-state index >= 15 is 0 Å². The Balaban J connectivity index is 2.82. The maximum Gasteiger partial charge on any atom is 0.367 e. The van der Waals surface area contributed by atoms with E-state index in [-0.39, 0.29) is 6.42 Å². The summed E-state index contributed by atoms with van der Waals surface area (Å²) in [6.45, 7) is 0. The highest BCUT2D eigenvalue weighted by Crippen LogP contribution is 2.32. The SMILES string of the molecule is O=C(OO)C1(Cl)C=CC=C(Cl)C1. The molecular weight excluding hydrogens is 203 g/mol. The lowest BCUT2D eigenvalue weighted by atomic mass is 10.00. The zero-order valence-corrected chi connectivity index (χ0v) is 7.47. The van der Waals surface area contributed by atoms with Crippen molar-refractivity contribution in [2.45, 2.75) is 11.3 Å². The maximum absolute atomic E-state index is 10.9. The molecule has 0 heterocycles. The van der Waals surface area contributed by atoms with E-state index in [1.807, 2.05) is 0 Å². The lowest BCUT2D eigenvalue weighted by Crippen LogP contribution is -2.32. The lowest BCUT2D eigenvalue weighted by Gasteiger charge is -2.20. The van der Waals surface area contributed by atoms with Crippen LogP contribution in [0, 0.1) is 0 Å². The molecule has 0 aromatic carbocycles. The third-order valence-corrected chi connectivity index (χ3v) is 2.16. The van der Waals surface area contributed by atoms with Crippen molar-refractivity contribution in [2.75, 3.05) is 0 Å². The van der Waals surface area contributed by atoms with Crippen molar-refractivity contribution in [3.05, 3.63) is 23.3 Å². The van der Waals surface area contributed by atoms with Crippen LogP contribution in [0.2, 0.25) is 0 Å². The zero-order valence-electron chi connectivity index (χ0n) is 5.96. The molecule has 0 aromatic rings. The first-order chi connectivity index (χ1) is 5.58. The topological polar surface area (TPSA) is 46.5 Å². The third-order valence-electron chi connectivity index (χ3n) is 1.49. The van der Waals surface area contributed by atoms with Gasteiger partial charge >= 0.3 is 5.97 Å². The van der Waals surface area contributed by atoms with Crippen molar-refractivity contribution in [1.82, 2.24) is 0 Å². The van der Waals surface area contributed by atoms with Gasteiger partial charge in [-0.05, 0) is 6.08 Å². The quantitative estimate of drug-likeness (QED) is 0.408. The van der Waals surface area contributed by atoms with Gasteiger partial charge in [-0.1, -0.05) is 23.8 Å². The Morgan fingerprint density at radius 3 is 2.92 bits per heavy atom. The van der Waals surface area contributed by atoms with E-state index in [1.165, 1.54) is 12.2 Å². The Labute approximate surface area is 79.1 Å². The Morgan fingerprint density at radius 1 is 1.75 bits per heavy atom. The average Bonchev–Trinajstić information content (AvgIpc) is 2.02. The summed E-state index contributed by atoms with van der Waals surface area (Å²) < 4.78 is 0. The highest BCUT2D eigenvalue weighted by Gasteiger charge is 2.37. The fourth-order valence-electron chi connectivity index (χ4n) is 0.885. The Hall–Kier alpha value is -0.510. The second-order valence-corrected chi connectivity index (χ2v) is 3.55. The molecule has 3 nitrogen and oxygen atoms in total. The summed E-state index contributed by atoms with van der Waals surface area (Å²) in [5.41, 5.74) is 0. The number of hydrogen-bond acceptors (Lipinski definition) is 3. The van der Waals surface area contributed by atoms with Gasteiger partial charge in [0.15, 0.2) is 4.87 Å². The van der Waals surface area contributed by atoms with Crippen molar-refractivity contribution >= 4 is 29.2 Å². The molecule has 0 spiro atoms. The number of hydrogen-bond donors (Lipinski definition) is 1. The van der Waals surface area contributed by atoms with Crippen LogP contribution in [0.3, 0.4) is 0 Å². The Kier molecular flexibility index (Phi) is 2.77. The average molecular weight is 209 g/mol. The molecule has 0 aliphatic heterocycles. The van der Waals surface area contributed by atoms with Crippen molar-refractivity contribution in [1.29, 1.82) is 0 Å². The minimum atomic E-state index is -1.36. The van der Waals surface area contributed by atoms with Gasteiger partial charge in [0.25, 0.3) is 0 Å². The second-order valence-electron chi connectivity index (χ2n) is 2.39. The van der Waals surface area contributed by atoms with E-state index in [0.717, 1.165) is 0 Å². The fourth-order valence-corrected chi connectivity index (χ4v) is 1.49. The molecule has 1 N–H and O–H groups in total. The normalized spacial score (nSPS) is 28.1. The van der Waals surface area contributed by atoms with Crippen LogP contribution in [0.25, 0.3) is 0 Å². The summed E-state index contributed by atoms with van der Waals surface area (Å²) in [6, 6.07) is 0. The maximum atomic E-state index is 10.9. The van der Waals surface area contributed by atoms with Crippen LogP contribution in [-0.4, -0.2) is 16.1 Å². The first-order valence-corrected chi connectivity index (χ1v) is 3.93. The second kappa shape index (κ2) is 3.47. The van der Waals surface area contributed by atoms with Gasteiger partial charge in [-0.2, -0.15) is 5.26 Å². The largest absolute Gasteiger partial charge is 0.367 e. The summed E-state index contributed by atoms with van der Waals surface area (Å²) in [7, 11) is 0. The lowest BCUT2D eigenvalue weighted by molar-refractivity contribution is -0.236. The van der Waals surface area contributed by atoms with E-state index < -0.39 is 10.8 Å². The van der Waals surface area contributed by atoms with Gasteiger partial charge in [0.1, 0.15) is 0 Å². The minimum Gasteiger partial charge on any atom is -0.299 e. The number of halogens is 2. The number of carbonyl (C=O) groups is 1. The van der Waals surface area contributed by atoms with E-state index in [9.17, 15) is 4.79 Å². The highest BCUT2D eigenvalue weighted by molar-refractivity contribution is 6.38. The zero-order chi connectivity index (χ0) is 9.19. The summed E-state index contributed by atoms with van der Waals surface area (Å²) >= 11 is 11.4. The molecule has 0 saturated heterocycles. The molecule has 12 heavy (non-hydrogen) atoms. The van der Waals surface area contributed by atoms with Crippen LogP contribution in [0.4, 0.5) is 0 Å². The summed E-state index contributed by atoms with van der Waals surface area (Å²) in [5, 5.41) is 8.55. The first kappa shape index (κ1) is 9.58. The van der Waals surface area contributed by atoms with Gasteiger partial charge in [0.05, 0.1) is 0 Å². The number of allylic oxidation sites excluding steroid dienone is 3. The van der Waals surface area contributed by atoms with Crippen LogP contribution in [0.15, 0.2) is 23.3 Å². The summed E-state index contributed by atoms with van der Waals surface area (Å²) in [5.74, 6) is -0.924. The van der Waals surface area contributed by atoms with E-state index in [2.05, 4.69) is 4.89 Å². The third kappa shape index (κ3) is 1.80. The molecule has 5 heteroatoms. The predicted octanol–water partition coefficient (Wildman–Crippen LogP) is 2.06. The molecule has 1 unspecified atom stereocenters. The molecule has 0 fully saturated rings. The van der Waals surface area contributed by atoms with Gasteiger partial charge in [0, 0.05) is 11.5 Å². The number of alkyl halides is 1. The van der Waals surface area contributed by atoms with E-state index in [4.69, 9.17) is 28.5 Å². The highest BCUT2D eigenvalue weighted by atomic mass is 35.5. The van der Waals surface area contributed by atoms with Gasteiger partial charge in [0.2, 0.25) is 0 Å². The molecule has 0 radical (unpaired) electrons. The molecule has 0 amide bonds. The molecule has 0 aromatic heterocycles. The van der Waals surface area contributed by atoms with Crippen molar-refractivity contribution < 1.29 is 14.9 Å². The summed E-state index contributed by atoms with van der Waals surface area (Å²) in [4.78, 5) is 13.1. The smallest absolute Gasteiger partial charge is 0.299 e. The monoisotopic (exact) mass is 208 g/mol. The van der Waals surface area contributed by atoms with Gasteiger partial charge in [-0.25, -0.2) is 4.79 Å². The number of carbonyl (C=O) groups excluding carboxylic acids is 1. The number of rotatable bonds is 1. The first-order valence-electron chi connectivity index (χ1n) is 3.17. The molecule has 1 rings (SSSR count).